The van der Waals surface area contributed by atoms with Gasteiger partial charge in [0.2, 0.25) is 5.91 Å². The molecular weight excluding hydrogens is 390 g/mol. The van der Waals surface area contributed by atoms with Gasteiger partial charge in [0.1, 0.15) is 6.54 Å². The van der Waals surface area contributed by atoms with Crippen LogP contribution in [0.25, 0.3) is 22.6 Å². The summed E-state index contributed by atoms with van der Waals surface area (Å²) >= 11 is 0. The largest absolute Gasteiger partial charge is 0.376 e. The molecule has 1 N–H and O–H groups in total. The Kier molecular flexibility index (Phi) is 5.08. The lowest BCUT2D eigenvalue weighted by atomic mass is 10.0. The molecule has 0 spiro atoms. The quantitative estimate of drug-likeness (QED) is 0.649. The number of hydrogen-bond donors (Lipinski definition) is 1. The Morgan fingerprint density at radius 1 is 1.19 bits per heavy atom. The number of amides is 2. The van der Waals surface area contributed by atoms with Gasteiger partial charge in [-0.15, -0.1) is 0 Å². The first-order valence-electron chi connectivity index (χ1n) is 10.7. The fraction of sp³-hybridized carbons (Fsp3) is 0.280. The molecule has 31 heavy (non-hydrogen) atoms. The zero-order valence-electron chi connectivity index (χ0n) is 17.5. The Morgan fingerprint density at radius 2 is 2.00 bits per heavy atom. The summed E-state index contributed by atoms with van der Waals surface area (Å²) in [6.07, 6.45) is 6.06. The number of rotatable bonds is 5. The summed E-state index contributed by atoms with van der Waals surface area (Å²) in [6.45, 7) is 1.55. The minimum Gasteiger partial charge on any atom is -0.376 e. The van der Waals surface area contributed by atoms with Crippen molar-refractivity contribution < 1.29 is 14.3 Å². The molecule has 5 rings (SSSR count). The third-order valence-electron chi connectivity index (χ3n) is 6.07. The van der Waals surface area contributed by atoms with Crippen LogP contribution in [0.5, 0.6) is 0 Å². The van der Waals surface area contributed by atoms with Gasteiger partial charge in [0, 0.05) is 54.0 Å². The molecule has 3 aromatic rings. The molecule has 0 aliphatic carbocycles. The number of carbonyl (C=O) groups is 2. The molecule has 1 atom stereocenters. The summed E-state index contributed by atoms with van der Waals surface area (Å²) in [5.74, 6) is -0.0650. The molecular formula is C25H25N3O3. The van der Waals surface area contributed by atoms with E-state index in [1.807, 2.05) is 65.4 Å². The average molecular weight is 415 g/mol. The molecule has 2 aromatic carbocycles. The van der Waals surface area contributed by atoms with Gasteiger partial charge in [-0.1, -0.05) is 36.4 Å². The van der Waals surface area contributed by atoms with E-state index in [0.29, 0.717) is 12.1 Å². The van der Waals surface area contributed by atoms with E-state index >= 15 is 0 Å². The molecule has 0 unspecified atom stereocenters. The number of fused-ring (bicyclic) bond motifs is 2. The number of likely N-dealkylation sites (N-methyl/N-ethyl adjacent to an activating group) is 1. The predicted octanol–water partition coefficient (Wildman–Crippen LogP) is 3.45. The second kappa shape index (κ2) is 8.04. The van der Waals surface area contributed by atoms with Gasteiger partial charge >= 0.3 is 0 Å². The molecule has 6 nitrogen and oxygen atoms in total. The van der Waals surface area contributed by atoms with Gasteiger partial charge in [-0.05, 0) is 31.1 Å². The highest BCUT2D eigenvalue weighted by atomic mass is 16.5. The van der Waals surface area contributed by atoms with Crippen LogP contribution < -0.4 is 10.2 Å². The van der Waals surface area contributed by atoms with Gasteiger partial charge in [-0.2, -0.15) is 0 Å². The van der Waals surface area contributed by atoms with Crippen molar-refractivity contribution in [3.63, 3.8) is 0 Å². The van der Waals surface area contributed by atoms with Crippen molar-refractivity contribution in [1.29, 1.82) is 0 Å². The van der Waals surface area contributed by atoms with Crippen LogP contribution in [-0.4, -0.2) is 42.7 Å². The zero-order chi connectivity index (χ0) is 21.4. The molecule has 0 bridgehead atoms. The van der Waals surface area contributed by atoms with Crippen LogP contribution in [0.1, 0.15) is 24.0 Å². The van der Waals surface area contributed by atoms with Crippen LogP contribution in [0.4, 0.5) is 5.69 Å². The van der Waals surface area contributed by atoms with E-state index in [2.05, 4.69) is 5.32 Å². The number of nitrogens with one attached hydrogen (secondary N) is 1. The number of hydrogen-bond acceptors (Lipinski definition) is 3. The van der Waals surface area contributed by atoms with E-state index < -0.39 is 0 Å². The van der Waals surface area contributed by atoms with Crippen LogP contribution in [-0.2, 0) is 20.9 Å². The van der Waals surface area contributed by atoms with Gasteiger partial charge in [-0.25, -0.2) is 0 Å². The number of anilines is 1. The van der Waals surface area contributed by atoms with Crippen molar-refractivity contribution in [3.8, 4) is 0 Å². The summed E-state index contributed by atoms with van der Waals surface area (Å²) in [5, 5.41) is 4.00. The Morgan fingerprint density at radius 3 is 2.84 bits per heavy atom. The predicted molar refractivity (Wildman–Crippen MR) is 122 cm³/mol. The minimum absolute atomic E-state index is 0.0210. The lowest BCUT2D eigenvalue weighted by Gasteiger charge is -2.11. The Hall–Kier alpha value is -3.38. The van der Waals surface area contributed by atoms with Crippen LogP contribution in [0, 0.1) is 0 Å². The monoisotopic (exact) mass is 415 g/mol. The number of para-hydroxylation sites is 2. The molecule has 1 fully saturated rings. The van der Waals surface area contributed by atoms with E-state index in [9.17, 15) is 9.59 Å². The third-order valence-corrected chi connectivity index (χ3v) is 6.07. The van der Waals surface area contributed by atoms with Crippen molar-refractivity contribution in [1.82, 2.24) is 9.88 Å². The van der Waals surface area contributed by atoms with Crippen molar-refractivity contribution >= 4 is 40.1 Å². The van der Waals surface area contributed by atoms with E-state index in [1.54, 1.807) is 11.9 Å². The smallest absolute Gasteiger partial charge is 0.258 e. The first-order valence-corrected chi connectivity index (χ1v) is 10.7. The maximum absolute atomic E-state index is 12.9. The lowest BCUT2D eigenvalue weighted by molar-refractivity contribution is -0.122. The van der Waals surface area contributed by atoms with Crippen molar-refractivity contribution in [2.75, 3.05) is 25.1 Å². The highest BCUT2D eigenvalue weighted by Gasteiger charge is 2.29. The molecule has 3 heterocycles. The van der Waals surface area contributed by atoms with Gasteiger partial charge < -0.3 is 19.5 Å². The Balaban J connectivity index is 1.45. The van der Waals surface area contributed by atoms with Gasteiger partial charge in [0.05, 0.1) is 11.8 Å². The van der Waals surface area contributed by atoms with Gasteiger partial charge in [0.25, 0.3) is 5.91 Å². The van der Waals surface area contributed by atoms with Crippen LogP contribution in [0.2, 0.25) is 0 Å². The molecule has 0 radical (unpaired) electrons. The van der Waals surface area contributed by atoms with Crippen molar-refractivity contribution in [2.45, 2.75) is 25.5 Å². The summed E-state index contributed by atoms with van der Waals surface area (Å²) in [7, 11) is 1.80. The fourth-order valence-electron chi connectivity index (χ4n) is 4.46. The maximum atomic E-state index is 12.9. The van der Waals surface area contributed by atoms with Gasteiger partial charge in [0.15, 0.2) is 0 Å². The highest BCUT2D eigenvalue weighted by molar-refractivity contribution is 6.36. The summed E-state index contributed by atoms with van der Waals surface area (Å²) in [5.41, 5.74) is 4.41. The molecule has 0 saturated carbocycles. The topological polar surface area (TPSA) is 63.6 Å². The first kappa shape index (κ1) is 19.6. The Labute approximate surface area is 181 Å². The molecule has 158 valence electrons. The SMILES string of the molecule is CN1C(=O)C(=Cc2cn(CC(=O)NC[C@H]3CCCO3)c3ccccc23)c2ccccc21. The number of benzene rings is 2. The standard InChI is InChI=1S/C25H25N3O3/c1-27-22-10-4-3-9-20(22)21(25(27)30)13-17-15-28(23-11-5-2-8-19(17)23)16-24(29)26-14-18-7-6-12-31-18/h2-5,8-11,13,15,18H,6-7,12,14,16H2,1H3,(H,26,29)/t18-/m1/s1. The lowest BCUT2D eigenvalue weighted by Crippen LogP contribution is -2.34. The second-order valence-corrected chi connectivity index (χ2v) is 8.11. The van der Waals surface area contributed by atoms with E-state index in [1.165, 1.54) is 0 Å². The fourth-order valence-corrected chi connectivity index (χ4v) is 4.46. The summed E-state index contributed by atoms with van der Waals surface area (Å²) in [6, 6.07) is 15.8. The average Bonchev–Trinajstić information content (AvgIpc) is 3.49. The first-order chi connectivity index (χ1) is 15.1. The van der Waals surface area contributed by atoms with Crippen LogP contribution in [0.15, 0.2) is 54.7 Å². The molecule has 1 saturated heterocycles. The highest BCUT2D eigenvalue weighted by Crippen LogP contribution is 2.37. The van der Waals surface area contributed by atoms with Crippen molar-refractivity contribution in [2.24, 2.45) is 0 Å². The van der Waals surface area contributed by atoms with E-state index in [-0.39, 0.29) is 24.5 Å². The normalized spacial score (nSPS) is 19.4. The summed E-state index contributed by atoms with van der Waals surface area (Å²) in [4.78, 5) is 27.1. The Bertz CT molecular complexity index is 1190. The molecule has 6 heteroatoms. The van der Waals surface area contributed by atoms with E-state index in [0.717, 1.165) is 47.2 Å². The molecule has 2 aliphatic rings. The number of aromatic nitrogens is 1. The van der Waals surface area contributed by atoms with Crippen LogP contribution in [0.3, 0.4) is 0 Å². The molecule has 2 aliphatic heterocycles. The number of nitrogens with zero attached hydrogens (tertiary/aromatic N) is 2. The third kappa shape index (κ3) is 3.64. The van der Waals surface area contributed by atoms with Crippen molar-refractivity contribution in [3.05, 3.63) is 65.9 Å². The summed E-state index contributed by atoms with van der Waals surface area (Å²) < 4.78 is 7.53. The minimum atomic E-state index is -0.0440. The van der Waals surface area contributed by atoms with E-state index in [4.69, 9.17) is 4.74 Å². The number of ether oxygens (including phenoxy) is 1. The zero-order valence-corrected chi connectivity index (χ0v) is 17.5. The molecule has 2 amide bonds. The second-order valence-electron chi connectivity index (χ2n) is 8.11. The van der Waals surface area contributed by atoms with Gasteiger partial charge in [-0.3, -0.25) is 9.59 Å². The number of carbonyl (C=O) groups excluding carboxylic acids is 2. The maximum Gasteiger partial charge on any atom is 0.258 e. The van der Waals surface area contributed by atoms with Crippen LogP contribution >= 0.6 is 0 Å². The molecule has 1 aromatic heterocycles.